The number of hydrogen-bond donors (Lipinski definition) is 0. The number of piperidine rings is 1. The molecule has 0 unspecified atom stereocenters. The second-order valence-corrected chi connectivity index (χ2v) is 5.77. The summed E-state index contributed by atoms with van der Waals surface area (Å²) in [6.07, 6.45) is 7.69. The van der Waals surface area contributed by atoms with Gasteiger partial charge in [-0.25, -0.2) is 0 Å². The Morgan fingerprint density at radius 1 is 1.26 bits per heavy atom. The van der Waals surface area contributed by atoms with E-state index in [-0.39, 0.29) is 12.0 Å². The number of rotatable bonds is 5. The molecule has 0 aromatic carbocycles. The van der Waals surface area contributed by atoms with Crippen molar-refractivity contribution in [2.24, 2.45) is 0 Å². The molecule has 0 saturated carbocycles. The van der Waals surface area contributed by atoms with E-state index in [2.05, 4.69) is 9.97 Å². The number of aromatic nitrogens is 2. The first-order valence-corrected chi connectivity index (χ1v) is 7.99. The van der Waals surface area contributed by atoms with Crippen molar-refractivity contribution in [3.05, 3.63) is 60.2 Å². The first-order chi connectivity index (χ1) is 11.3. The molecule has 3 heterocycles. The van der Waals surface area contributed by atoms with Gasteiger partial charge in [-0.1, -0.05) is 12.1 Å². The fourth-order valence-corrected chi connectivity index (χ4v) is 2.78. The van der Waals surface area contributed by atoms with Gasteiger partial charge < -0.3 is 9.64 Å². The summed E-state index contributed by atoms with van der Waals surface area (Å²) in [5.41, 5.74) is 1.88. The summed E-state index contributed by atoms with van der Waals surface area (Å²) in [5, 5.41) is 0. The fourth-order valence-electron chi connectivity index (χ4n) is 2.78. The van der Waals surface area contributed by atoms with E-state index in [4.69, 9.17) is 4.74 Å². The van der Waals surface area contributed by atoms with E-state index in [9.17, 15) is 4.79 Å². The highest BCUT2D eigenvalue weighted by Crippen LogP contribution is 2.16. The summed E-state index contributed by atoms with van der Waals surface area (Å²) in [6, 6.07) is 9.59. The highest BCUT2D eigenvalue weighted by molar-refractivity contribution is 5.78. The number of carbonyl (C=O) groups excluding carboxylic acids is 1. The summed E-state index contributed by atoms with van der Waals surface area (Å²) in [7, 11) is 0. The lowest BCUT2D eigenvalue weighted by Gasteiger charge is -2.32. The molecule has 120 valence electrons. The minimum absolute atomic E-state index is 0.0867. The van der Waals surface area contributed by atoms with Gasteiger partial charge in [0.05, 0.1) is 24.8 Å². The first kappa shape index (κ1) is 15.6. The number of carbonyl (C=O) groups is 1. The van der Waals surface area contributed by atoms with Crippen LogP contribution in [-0.4, -0.2) is 40.0 Å². The van der Waals surface area contributed by atoms with E-state index in [1.807, 2.05) is 35.2 Å². The van der Waals surface area contributed by atoms with Gasteiger partial charge in [0, 0.05) is 31.7 Å². The lowest BCUT2D eigenvalue weighted by atomic mass is 10.1. The van der Waals surface area contributed by atoms with Gasteiger partial charge in [0.15, 0.2) is 0 Å². The van der Waals surface area contributed by atoms with Crippen molar-refractivity contribution in [2.75, 3.05) is 13.1 Å². The average molecular weight is 311 g/mol. The molecule has 0 N–H and O–H groups in total. The zero-order chi connectivity index (χ0) is 15.9. The lowest BCUT2D eigenvalue weighted by molar-refractivity contribution is -0.134. The Labute approximate surface area is 136 Å². The fraction of sp³-hybridized carbons (Fsp3) is 0.389. The van der Waals surface area contributed by atoms with Gasteiger partial charge >= 0.3 is 0 Å². The van der Waals surface area contributed by atoms with E-state index in [0.717, 1.165) is 30.6 Å². The minimum Gasteiger partial charge on any atom is -0.370 e. The molecule has 0 radical (unpaired) electrons. The topological polar surface area (TPSA) is 55.3 Å². The molecule has 0 bridgehead atoms. The molecule has 1 atom stereocenters. The van der Waals surface area contributed by atoms with Gasteiger partial charge in [-0.2, -0.15) is 0 Å². The van der Waals surface area contributed by atoms with E-state index in [1.54, 1.807) is 18.6 Å². The third-order valence-electron chi connectivity index (χ3n) is 4.00. The summed E-state index contributed by atoms with van der Waals surface area (Å²) < 4.78 is 5.93. The molecule has 2 aromatic heterocycles. The largest absolute Gasteiger partial charge is 0.370 e. The van der Waals surface area contributed by atoms with Crippen LogP contribution in [0.4, 0.5) is 0 Å². The molecule has 1 aliphatic heterocycles. The Morgan fingerprint density at radius 2 is 2.22 bits per heavy atom. The SMILES string of the molecule is O=C(Cc1cccnc1)N1CCC[C@H](OCc2ccccn2)C1. The number of likely N-dealkylation sites (tertiary alicyclic amines) is 1. The van der Waals surface area contributed by atoms with Crippen molar-refractivity contribution in [3.63, 3.8) is 0 Å². The highest BCUT2D eigenvalue weighted by atomic mass is 16.5. The first-order valence-electron chi connectivity index (χ1n) is 7.99. The van der Waals surface area contributed by atoms with Crippen molar-refractivity contribution in [1.82, 2.24) is 14.9 Å². The van der Waals surface area contributed by atoms with Crippen LogP contribution in [0.1, 0.15) is 24.1 Å². The van der Waals surface area contributed by atoms with Crippen LogP contribution in [0, 0.1) is 0 Å². The molecule has 3 rings (SSSR count). The zero-order valence-corrected chi connectivity index (χ0v) is 13.1. The molecule has 23 heavy (non-hydrogen) atoms. The molecule has 2 aromatic rings. The normalized spacial score (nSPS) is 17.9. The molecular weight excluding hydrogens is 290 g/mol. The molecule has 0 spiro atoms. The Hall–Kier alpha value is -2.27. The van der Waals surface area contributed by atoms with Crippen LogP contribution in [-0.2, 0) is 22.6 Å². The Balaban J connectivity index is 1.50. The smallest absolute Gasteiger partial charge is 0.227 e. The van der Waals surface area contributed by atoms with Crippen molar-refractivity contribution >= 4 is 5.91 Å². The third kappa shape index (κ3) is 4.60. The second-order valence-electron chi connectivity index (χ2n) is 5.77. The van der Waals surface area contributed by atoms with E-state index >= 15 is 0 Å². The number of hydrogen-bond acceptors (Lipinski definition) is 4. The summed E-state index contributed by atoms with van der Waals surface area (Å²) in [6.45, 7) is 1.96. The van der Waals surface area contributed by atoms with Crippen LogP contribution in [0.25, 0.3) is 0 Å². The van der Waals surface area contributed by atoms with Gasteiger partial charge in [-0.05, 0) is 36.6 Å². The van der Waals surface area contributed by atoms with Crippen LogP contribution in [0.5, 0.6) is 0 Å². The zero-order valence-electron chi connectivity index (χ0n) is 13.1. The van der Waals surface area contributed by atoms with Gasteiger partial charge in [0.25, 0.3) is 0 Å². The Bertz CT molecular complexity index is 619. The van der Waals surface area contributed by atoms with E-state index < -0.39 is 0 Å². The monoisotopic (exact) mass is 311 g/mol. The van der Waals surface area contributed by atoms with Crippen LogP contribution >= 0.6 is 0 Å². The number of pyridine rings is 2. The van der Waals surface area contributed by atoms with E-state index in [1.165, 1.54) is 0 Å². The van der Waals surface area contributed by atoms with Crippen LogP contribution in [0.3, 0.4) is 0 Å². The predicted octanol–water partition coefficient (Wildman–Crippen LogP) is 2.23. The average Bonchev–Trinajstić information content (AvgIpc) is 2.62. The molecule has 1 saturated heterocycles. The standard InChI is InChI=1S/C18H21N3O2/c22-18(11-15-5-3-8-19-12-15)21-10-4-7-17(13-21)23-14-16-6-1-2-9-20-16/h1-3,5-6,8-9,12,17H,4,7,10-11,13-14H2/t17-/m0/s1. The third-order valence-corrected chi connectivity index (χ3v) is 4.00. The number of nitrogens with zero attached hydrogens (tertiary/aromatic N) is 3. The van der Waals surface area contributed by atoms with Crippen molar-refractivity contribution in [2.45, 2.75) is 32.0 Å². The van der Waals surface area contributed by atoms with Gasteiger partial charge in [0.2, 0.25) is 5.91 Å². The van der Waals surface area contributed by atoms with Crippen molar-refractivity contribution in [1.29, 1.82) is 0 Å². The summed E-state index contributed by atoms with van der Waals surface area (Å²) in [5.74, 6) is 0.143. The summed E-state index contributed by atoms with van der Waals surface area (Å²) >= 11 is 0. The Kier molecular flexibility index (Phi) is 5.32. The van der Waals surface area contributed by atoms with Crippen LogP contribution < -0.4 is 0 Å². The number of amides is 1. The lowest BCUT2D eigenvalue weighted by Crippen LogP contribution is -2.43. The maximum atomic E-state index is 12.4. The number of ether oxygens (including phenoxy) is 1. The highest BCUT2D eigenvalue weighted by Gasteiger charge is 2.24. The van der Waals surface area contributed by atoms with Crippen LogP contribution in [0.2, 0.25) is 0 Å². The van der Waals surface area contributed by atoms with Gasteiger partial charge in [0.1, 0.15) is 0 Å². The Morgan fingerprint density at radius 3 is 3.00 bits per heavy atom. The quantitative estimate of drug-likeness (QED) is 0.849. The maximum absolute atomic E-state index is 12.4. The molecule has 5 nitrogen and oxygen atoms in total. The van der Waals surface area contributed by atoms with Crippen molar-refractivity contribution < 1.29 is 9.53 Å². The second kappa shape index (κ2) is 7.83. The molecule has 1 fully saturated rings. The molecule has 5 heteroatoms. The minimum atomic E-state index is 0.0867. The summed E-state index contributed by atoms with van der Waals surface area (Å²) in [4.78, 5) is 22.6. The van der Waals surface area contributed by atoms with E-state index in [0.29, 0.717) is 19.6 Å². The molecule has 1 aliphatic rings. The maximum Gasteiger partial charge on any atom is 0.227 e. The molecule has 0 aliphatic carbocycles. The van der Waals surface area contributed by atoms with Crippen LogP contribution in [0.15, 0.2) is 48.9 Å². The molecule has 1 amide bonds. The van der Waals surface area contributed by atoms with Crippen molar-refractivity contribution in [3.8, 4) is 0 Å². The van der Waals surface area contributed by atoms with Gasteiger partial charge in [-0.3, -0.25) is 14.8 Å². The van der Waals surface area contributed by atoms with Gasteiger partial charge in [-0.15, -0.1) is 0 Å². The molecular formula is C18H21N3O2. The predicted molar refractivity (Wildman–Crippen MR) is 86.6 cm³/mol.